The second kappa shape index (κ2) is 4.85. The first-order chi connectivity index (χ1) is 6.80. The molecule has 0 aliphatic carbocycles. The van der Waals surface area contributed by atoms with Crippen LogP contribution in [0.3, 0.4) is 0 Å². The maximum absolute atomic E-state index is 11.5. The summed E-state index contributed by atoms with van der Waals surface area (Å²) in [6.45, 7) is 4.67. The van der Waals surface area contributed by atoms with E-state index < -0.39 is 10.0 Å². The summed E-state index contributed by atoms with van der Waals surface area (Å²) < 4.78 is 24.6. The highest BCUT2D eigenvalue weighted by Crippen LogP contribution is 2.25. The molecule has 0 unspecified atom stereocenters. The molecule has 1 rings (SSSR count). The van der Waals surface area contributed by atoms with E-state index in [-0.39, 0.29) is 6.04 Å². The van der Waals surface area contributed by atoms with E-state index in [1.54, 1.807) is 4.31 Å². The molecule has 1 aliphatic rings. The fraction of sp³-hybridized carbons (Fsp3) is 0.800. The van der Waals surface area contributed by atoms with Crippen molar-refractivity contribution < 1.29 is 8.42 Å². The van der Waals surface area contributed by atoms with Crippen LogP contribution < -0.4 is 0 Å². The van der Waals surface area contributed by atoms with Crippen LogP contribution in [0.25, 0.3) is 0 Å². The van der Waals surface area contributed by atoms with Crippen molar-refractivity contribution in [1.82, 2.24) is 4.31 Å². The number of hydrogen-bond donors (Lipinski definition) is 0. The van der Waals surface area contributed by atoms with Crippen molar-refractivity contribution in [1.29, 1.82) is 0 Å². The van der Waals surface area contributed by atoms with Crippen molar-refractivity contribution in [3.05, 3.63) is 11.1 Å². The summed E-state index contributed by atoms with van der Waals surface area (Å²) in [4.78, 5) is 0. The second-order valence-electron chi connectivity index (χ2n) is 4.43. The fourth-order valence-electron chi connectivity index (χ4n) is 1.84. The third kappa shape index (κ3) is 3.78. The molecule has 3 nitrogen and oxygen atoms in total. The minimum Gasteiger partial charge on any atom is -0.212 e. The van der Waals surface area contributed by atoms with Crippen LogP contribution in [0.4, 0.5) is 0 Å². The van der Waals surface area contributed by atoms with Gasteiger partial charge in [0.1, 0.15) is 0 Å². The Morgan fingerprint density at radius 3 is 2.67 bits per heavy atom. The molecule has 0 amide bonds. The summed E-state index contributed by atoms with van der Waals surface area (Å²) in [6, 6.07) is -0.0683. The molecule has 0 aromatic carbocycles. The van der Waals surface area contributed by atoms with Gasteiger partial charge in [-0.1, -0.05) is 31.5 Å². The standard InChI is InChI=1S/C10H18ClNO2S/c1-8(2)6-10-7-9(11)4-5-12(10)15(3,13)14/h7-8,10H,4-6H2,1-3H3/t10-/m1/s1. The second-order valence-corrected chi connectivity index (χ2v) is 6.85. The molecule has 0 aromatic rings. The van der Waals surface area contributed by atoms with Gasteiger partial charge in [-0.2, -0.15) is 4.31 Å². The fourth-order valence-corrected chi connectivity index (χ4v) is 3.13. The normalized spacial score (nSPS) is 24.3. The molecule has 0 N–H and O–H groups in total. The van der Waals surface area contributed by atoms with E-state index in [1.165, 1.54) is 6.26 Å². The van der Waals surface area contributed by atoms with E-state index in [9.17, 15) is 8.42 Å². The van der Waals surface area contributed by atoms with Gasteiger partial charge in [0.2, 0.25) is 10.0 Å². The monoisotopic (exact) mass is 251 g/mol. The van der Waals surface area contributed by atoms with Crippen LogP contribution in [-0.4, -0.2) is 31.6 Å². The SMILES string of the molecule is CC(C)C[C@@H]1C=C(Cl)CCN1S(C)(=O)=O. The summed E-state index contributed by atoms with van der Waals surface area (Å²) in [5.74, 6) is 0.457. The number of halogens is 1. The Hall–Kier alpha value is -0.0600. The van der Waals surface area contributed by atoms with Crippen molar-refractivity contribution in [2.45, 2.75) is 32.7 Å². The van der Waals surface area contributed by atoms with Crippen molar-refractivity contribution in [2.24, 2.45) is 5.92 Å². The molecule has 0 fully saturated rings. The van der Waals surface area contributed by atoms with E-state index in [0.717, 1.165) is 11.5 Å². The van der Waals surface area contributed by atoms with Gasteiger partial charge in [-0.25, -0.2) is 8.42 Å². The Morgan fingerprint density at radius 1 is 1.60 bits per heavy atom. The van der Waals surface area contributed by atoms with Crippen LogP contribution >= 0.6 is 11.6 Å². The third-order valence-electron chi connectivity index (χ3n) is 2.45. The predicted molar refractivity (Wildman–Crippen MR) is 63.3 cm³/mol. The molecule has 1 heterocycles. The molecule has 1 aliphatic heterocycles. The van der Waals surface area contributed by atoms with E-state index in [1.807, 2.05) is 6.08 Å². The summed E-state index contributed by atoms with van der Waals surface area (Å²) in [5.41, 5.74) is 0. The van der Waals surface area contributed by atoms with Gasteiger partial charge in [0.05, 0.1) is 6.26 Å². The van der Waals surface area contributed by atoms with Crippen LogP contribution in [-0.2, 0) is 10.0 Å². The van der Waals surface area contributed by atoms with Gasteiger partial charge in [0.15, 0.2) is 0 Å². The first-order valence-electron chi connectivity index (χ1n) is 5.13. The lowest BCUT2D eigenvalue weighted by Crippen LogP contribution is -2.42. The Balaban J connectivity index is 2.88. The van der Waals surface area contributed by atoms with E-state index >= 15 is 0 Å². The summed E-state index contributed by atoms with van der Waals surface area (Å²) in [5, 5.41) is 0.778. The van der Waals surface area contributed by atoms with Crippen molar-refractivity contribution >= 4 is 21.6 Å². The average molecular weight is 252 g/mol. The Morgan fingerprint density at radius 2 is 2.20 bits per heavy atom. The topological polar surface area (TPSA) is 37.4 Å². The molecule has 0 saturated heterocycles. The zero-order valence-electron chi connectivity index (χ0n) is 9.40. The molecule has 0 aromatic heterocycles. The lowest BCUT2D eigenvalue weighted by atomic mass is 10.0. The van der Waals surface area contributed by atoms with Crippen molar-refractivity contribution in [3.63, 3.8) is 0 Å². The molecule has 15 heavy (non-hydrogen) atoms. The molecule has 5 heteroatoms. The van der Waals surface area contributed by atoms with Gasteiger partial charge in [0, 0.05) is 17.6 Å². The number of rotatable bonds is 3. The van der Waals surface area contributed by atoms with Crippen LogP contribution in [0.1, 0.15) is 26.7 Å². The lowest BCUT2D eigenvalue weighted by molar-refractivity contribution is 0.315. The average Bonchev–Trinajstić information content (AvgIpc) is 1.99. The predicted octanol–water partition coefficient (Wildman–Crippen LogP) is 2.19. The minimum absolute atomic E-state index is 0.0683. The highest BCUT2D eigenvalue weighted by atomic mass is 35.5. The number of sulfonamides is 1. The Labute approximate surface area is 97.2 Å². The smallest absolute Gasteiger partial charge is 0.211 e. The van der Waals surface area contributed by atoms with Crippen LogP contribution in [0.2, 0.25) is 0 Å². The van der Waals surface area contributed by atoms with Crippen molar-refractivity contribution in [3.8, 4) is 0 Å². The maximum atomic E-state index is 11.5. The third-order valence-corrected chi connectivity index (χ3v) is 4.07. The summed E-state index contributed by atoms with van der Waals surface area (Å²) in [7, 11) is -3.11. The molecular weight excluding hydrogens is 234 g/mol. The van der Waals surface area contributed by atoms with Gasteiger partial charge in [0.25, 0.3) is 0 Å². The molecule has 88 valence electrons. The van der Waals surface area contributed by atoms with Crippen molar-refractivity contribution in [2.75, 3.05) is 12.8 Å². The number of nitrogens with zero attached hydrogens (tertiary/aromatic N) is 1. The van der Waals surface area contributed by atoms with Crippen LogP contribution in [0, 0.1) is 5.92 Å². The molecule has 0 bridgehead atoms. The number of hydrogen-bond acceptors (Lipinski definition) is 2. The van der Waals surface area contributed by atoms with Gasteiger partial charge in [-0.15, -0.1) is 0 Å². The zero-order chi connectivity index (χ0) is 11.6. The van der Waals surface area contributed by atoms with Gasteiger partial charge in [-0.3, -0.25) is 0 Å². The lowest BCUT2D eigenvalue weighted by Gasteiger charge is -2.32. The zero-order valence-corrected chi connectivity index (χ0v) is 11.0. The van der Waals surface area contributed by atoms with E-state index in [0.29, 0.717) is 18.9 Å². The van der Waals surface area contributed by atoms with E-state index in [2.05, 4.69) is 13.8 Å². The maximum Gasteiger partial charge on any atom is 0.211 e. The van der Waals surface area contributed by atoms with Gasteiger partial charge < -0.3 is 0 Å². The summed E-state index contributed by atoms with van der Waals surface area (Å²) in [6.07, 6.45) is 4.58. The largest absolute Gasteiger partial charge is 0.212 e. The Bertz CT molecular complexity index is 348. The molecular formula is C10H18ClNO2S. The molecule has 0 saturated carbocycles. The quantitative estimate of drug-likeness (QED) is 0.771. The highest BCUT2D eigenvalue weighted by Gasteiger charge is 2.28. The van der Waals surface area contributed by atoms with Gasteiger partial charge in [-0.05, 0) is 18.8 Å². The highest BCUT2D eigenvalue weighted by molar-refractivity contribution is 7.88. The van der Waals surface area contributed by atoms with Gasteiger partial charge >= 0.3 is 0 Å². The first kappa shape index (κ1) is 13.0. The summed E-state index contributed by atoms with van der Waals surface area (Å²) >= 11 is 5.95. The minimum atomic E-state index is -3.11. The molecule has 0 spiro atoms. The van der Waals surface area contributed by atoms with Crippen LogP contribution in [0.15, 0.2) is 11.1 Å². The molecule has 0 radical (unpaired) electrons. The molecule has 1 atom stereocenters. The Kier molecular flexibility index (Phi) is 4.20. The van der Waals surface area contributed by atoms with E-state index in [4.69, 9.17) is 11.6 Å². The van der Waals surface area contributed by atoms with Crippen LogP contribution in [0.5, 0.6) is 0 Å². The first-order valence-corrected chi connectivity index (χ1v) is 7.36.